The van der Waals surface area contributed by atoms with Gasteiger partial charge in [-0.15, -0.1) is 0 Å². The van der Waals surface area contributed by atoms with Gasteiger partial charge in [-0.05, 0) is 27.4 Å². The first-order valence-electron chi connectivity index (χ1n) is 5.62. The summed E-state index contributed by atoms with van der Waals surface area (Å²) in [5.74, 6) is -0.0218. The van der Waals surface area contributed by atoms with E-state index in [-0.39, 0.29) is 5.91 Å². The second-order valence-corrected chi connectivity index (χ2v) is 3.60. The van der Waals surface area contributed by atoms with Gasteiger partial charge in [0, 0.05) is 12.1 Å². The van der Waals surface area contributed by atoms with Crippen LogP contribution in [0.5, 0.6) is 0 Å². The fourth-order valence-corrected chi connectivity index (χ4v) is 0.905. The van der Waals surface area contributed by atoms with Gasteiger partial charge >= 0.3 is 0 Å². The van der Waals surface area contributed by atoms with Crippen molar-refractivity contribution >= 4 is 5.91 Å². The number of amides is 1. The second kappa shape index (κ2) is 13.2. The highest BCUT2D eigenvalue weighted by molar-refractivity contribution is 5.91. The molecule has 2 N–H and O–H groups in total. The van der Waals surface area contributed by atoms with Gasteiger partial charge in [-0.2, -0.15) is 0 Å². The minimum Gasteiger partial charge on any atom is -0.352 e. The second-order valence-electron chi connectivity index (χ2n) is 3.60. The van der Waals surface area contributed by atoms with Gasteiger partial charge in [0.15, 0.2) is 0 Å². The first-order chi connectivity index (χ1) is 7.09. The summed E-state index contributed by atoms with van der Waals surface area (Å²) >= 11 is 0. The summed E-state index contributed by atoms with van der Waals surface area (Å²) in [6.45, 7) is 8.24. The summed E-state index contributed by atoms with van der Waals surface area (Å²) in [6.07, 6.45) is 4.76. The highest BCUT2D eigenvalue weighted by Crippen LogP contribution is 1.97. The number of rotatable bonds is 6. The highest BCUT2D eigenvalue weighted by Gasteiger charge is 1.98. The minimum absolute atomic E-state index is 0.0218. The summed E-state index contributed by atoms with van der Waals surface area (Å²) in [5.41, 5.74) is 0.588. The molecule has 0 aromatic heterocycles. The molecule has 0 saturated carbocycles. The van der Waals surface area contributed by atoms with Crippen molar-refractivity contribution in [3.05, 3.63) is 12.2 Å². The van der Waals surface area contributed by atoms with Gasteiger partial charge < -0.3 is 10.6 Å². The lowest BCUT2D eigenvalue weighted by atomic mass is 10.2. The third kappa shape index (κ3) is 15.9. The first-order valence-corrected chi connectivity index (χ1v) is 5.62. The van der Waals surface area contributed by atoms with Crippen LogP contribution in [0.1, 0.15) is 39.5 Å². The summed E-state index contributed by atoms with van der Waals surface area (Å²) in [7, 11) is 3.75. The molecule has 15 heavy (non-hydrogen) atoms. The largest absolute Gasteiger partial charge is 0.352 e. The molecule has 0 aliphatic heterocycles. The monoisotopic (exact) mass is 214 g/mol. The quantitative estimate of drug-likeness (QED) is 0.525. The van der Waals surface area contributed by atoms with Crippen LogP contribution in [0.2, 0.25) is 0 Å². The highest BCUT2D eigenvalue weighted by atomic mass is 16.1. The molecule has 0 aliphatic carbocycles. The molecule has 0 spiro atoms. The lowest BCUT2D eigenvalue weighted by molar-refractivity contribution is -0.117. The zero-order chi connectivity index (χ0) is 12.1. The van der Waals surface area contributed by atoms with Crippen LogP contribution in [0.15, 0.2) is 12.2 Å². The maximum Gasteiger partial charge on any atom is 0.246 e. The molecule has 3 heteroatoms. The van der Waals surface area contributed by atoms with Crippen molar-refractivity contribution in [2.75, 3.05) is 20.6 Å². The molecule has 0 aromatic rings. The van der Waals surface area contributed by atoms with Gasteiger partial charge in [-0.1, -0.05) is 32.8 Å². The summed E-state index contributed by atoms with van der Waals surface area (Å²) < 4.78 is 0. The van der Waals surface area contributed by atoms with Crippen molar-refractivity contribution in [2.24, 2.45) is 0 Å². The standard InChI is InChI=1S/C10H19NO.C2H7N/c1-4-5-6-7-8-11-10(12)9(2)3;1-3-2/h2,4-8H2,1,3H3,(H,11,12);3H,1-2H3. The lowest BCUT2D eigenvalue weighted by Gasteiger charge is -2.03. The van der Waals surface area contributed by atoms with Crippen molar-refractivity contribution in [3.63, 3.8) is 0 Å². The number of unbranched alkanes of at least 4 members (excludes halogenated alkanes) is 3. The summed E-state index contributed by atoms with van der Waals surface area (Å²) in [4.78, 5) is 11.0. The molecule has 0 atom stereocenters. The average Bonchev–Trinajstić information content (AvgIpc) is 2.18. The Labute approximate surface area is 94.3 Å². The van der Waals surface area contributed by atoms with Crippen molar-refractivity contribution in [3.8, 4) is 0 Å². The third-order valence-corrected chi connectivity index (χ3v) is 1.70. The van der Waals surface area contributed by atoms with Crippen molar-refractivity contribution in [1.82, 2.24) is 10.6 Å². The van der Waals surface area contributed by atoms with E-state index in [1.54, 1.807) is 6.92 Å². The lowest BCUT2D eigenvalue weighted by Crippen LogP contribution is -2.24. The van der Waals surface area contributed by atoms with Crippen molar-refractivity contribution in [2.45, 2.75) is 39.5 Å². The van der Waals surface area contributed by atoms with Crippen LogP contribution < -0.4 is 10.6 Å². The molecule has 0 bridgehead atoms. The zero-order valence-electron chi connectivity index (χ0n) is 10.7. The summed E-state index contributed by atoms with van der Waals surface area (Å²) in [5, 5.41) is 5.55. The van der Waals surface area contributed by atoms with Crippen molar-refractivity contribution < 1.29 is 4.79 Å². The fourth-order valence-electron chi connectivity index (χ4n) is 0.905. The third-order valence-electron chi connectivity index (χ3n) is 1.70. The number of hydrogen-bond donors (Lipinski definition) is 2. The SMILES string of the molecule is C=C(C)C(=O)NCCCCCC.CNC. The normalized spacial score (nSPS) is 8.80. The van der Waals surface area contributed by atoms with Gasteiger partial charge in [0.1, 0.15) is 0 Å². The smallest absolute Gasteiger partial charge is 0.246 e. The molecule has 0 fully saturated rings. The molecule has 0 saturated heterocycles. The Bertz CT molecular complexity index is 167. The minimum atomic E-state index is -0.0218. The van der Waals surface area contributed by atoms with E-state index in [2.05, 4.69) is 24.1 Å². The first kappa shape index (κ1) is 16.6. The van der Waals surface area contributed by atoms with Gasteiger partial charge in [-0.25, -0.2) is 0 Å². The molecule has 90 valence electrons. The van der Waals surface area contributed by atoms with E-state index in [1.807, 2.05) is 14.1 Å². The molecular formula is C12H26N2O. The topological polar surface area (TPSA) is 41.1 Å². The van der Waals surface area contributed by atoms with Crippen LogP contribution in [0, 0.1) is 0 Å². The predicted molar refractivity (Wildman–Crippen MR) is 66.9 cm³/mol. The molecule has 0 heterocycles. The Balaban J connectivity index is 0. The fraction of sp³-hybridized carbons (Fsp3) is 0.750. The van der Waals surface area contributed by atoms with Crippen LogP contribution in [0.25, 0.3) is 0 Å². The van der Waals surface area contributed by atoms with E-state index < -0.39 is 0 Å². The van der Waals surface area contributed by atoms with E-state index in [1.165, 1.54) is 19.3 Å². The Kier molecular flexibility index (Phi) is 14.6. The van der Waals surface area contributed by atoms with E-state index in [4.69, 9.17) is 0 Å². The number of nitrogens with one attached hydrogen (secondary N) is 2. The average molecular weight is 214 g/mol. The number of carbonyl (C=O) groups is 1. The molecule has 0 aromatic carbocycles. The van der Waals surface area contributed by atoms with Gasteiger partial charge in [0.2, 0.25) is 5.91 Å². The van der Waals surface area contributed by atoms with E-state index in [9.17, 15) is 4.79 Å². The predicted octanol–water partition coefficient (Wildman–Crippen LogP) is 2.09. The Morgan fingerprint density at radius 2 is 1.73 bits per heavy atom. The Morgan fingerprint density at radius 3 is 2.13 bits per heavy atom. The molecular weight excluding hydrogens is 188 g/mol. The van der Waals surface area contributed by atoms with Crippen LogP contribution in [0.3, 0.4) is 0 Å². The Hall–Kier alpha value is -0.830. The molecule has 1 amide bonds. The van der Waals surface area contributed by atoms with Gasteiger partial charge in [-0.3, -0.25) is 4.79 Å². The van der Waals surface area contributed by atoms with Gasteiger partial charge in [0.05, 0.1) is 0 Å². The van der Waals surface area contributed by atoms with E-state index in [0.717, 1.165) is 13.0 Å². The van der Waals surface area contributed by atoms with Crippen LogP contribution in [0.4, 0.5) is 0 Å². The van der Waals surface area contributed by atoms with Crippen LogP contribution >= 0.6 is 0 Å². The maximum absolute atomic E-state index is 11.0. The van der Waals surface area contributed by atoms with E-state index in [0.29, 0.717) is 5.57 Å². The molecule has 0 aliphatic rings. The Morgan fingerprint density at radius 1 is 1.20 bits per heavy atom. The molecule has 0 unspecified atom stereocenters. The van der Waals surface area contributed by atoms with Crippen LogP contribution in [-0.2, 0) is 4.79 Å². The zero-order valence-corrected chi connectivity index (χ0v) is 10.7. The van der Waals surface area contributed by atoms with Crippen LogP contribution in [-0.4, -0.2) is 26.5 Å². The molecule has 0 radical (unpaired) electrons. The number of carbonyl (C=O) groups excluding carboxylic acids is 1. The molecule has 3 nitrogen and oxygen atoms in total. The maximum atomic E-state index is 11.0. The molecule has 0 rings (SSSR count). The van der Waals surface area contributed by atoms with Crippen molar-refractivity contribution in [1.29, 1.82) is 0 Å². The van der Waals surface area contributed by atoms with Gasteiger partial charge in [0.25, 0.3) is 0 Å². The summed E-state index contributed by atoms with van der Waals surface area (Å²) in [6, 6.07) is 0. The van der Waals surface area contributed by atoms with E-state index >= 15 is 0 Å². The number of hydrogen-bond acceptors (Lipinski definition) is 2.